The monoisotopic (exact) mass is 577 g/mol. The lowest BCUT2D eigenvalue weighted by atomic mass is 10.1. The molecule has 1 aromatic carbocycles. The minimum absolute atomic E-state index is 0.0323. The highest BCUT2D eigenvalue weighted by Gasteiger charge is 2.31. The van der Waals surface area contributed by atoms with Crippen LogP contribution in [-0.4, -0.2) is 66.1 Å². The molecule has 212 valence electrons. The fraction of sp³-hybridized carbons (Fsp3) is 0.310. The van der Waals surface area contributed by atoms with Crippen molar-refractivity contribution in [1.82, 2.24) is 29.4 Å². The number of amides is 1. The summed E-state index contributed by atoms with van der Waals surface area (Å²) in [6, 6.07) is 5.27. The van der Waals surface area contributed by atoms with E-state index >= 15 is 0 Å². The number of carbonyl (C=O) groups is 1. The summed E-state index contributed by atoms with van der Waals surface area (Å²) in [6.07, 6.45) is 2.71. The van der Waals surface area contributed by atoms with Crippen LogP contribution in [0.5, 0.6) is 5.75 Å². The van der Waals surface area contributed by atoms with Gasteiger partial charge in [-0.05, 0) is 44.0 Å². The van der Waals surface area contributed by atoms with Crippen LogP contribution in [0.1, 0.15) is 38.1 Å². The summed E-state index contributed by atoms with van der Waals surface area (Å²) in [5.41, 5.74) is 0.846. The van der Waals surface area contributed by atoms with Gasteiger partial charge in [0.25, 0.3) is 0 Å². The van der Waals surface area contributed by atoms with E-state index in [0.717, 1.165) is 0 Å². The first kappa shape index (κ1) is 28.2. The average Bonchev–Trinajstić information content (AvgIpc) is 2.93. The van der Waals surface area contributed by atoms with Crippen LogP contribution in [0.15, 0.2) is 48.0 Å². The maximum atomic E-state index is 15.0. The Hall–Kier alpha value is -4.38. The Kier molecular flexibility index (Phi) is 7.48. The maximum Gasteiger partial charge on any atom is 0.355 e. The van der Waals surface area contributed by atoms with Crippen molar-refractivity contribution < 1.29 is 14.3 Å². The van der Waals surface area contributed by atoms with Crippen molar-refractivity contribution in [3.8, 4) is 22.7 Å². The number of benzene rings is 1. The molecule has 1 N–H and O–H groups in total. The minimum Gasteiger partial charge on any atom is -0.507 e. The third-order valence-electron chi connectivity index (χ3n) is 7.22. The summed E-state index contributed by atoms with van der Waals surface area (Å²) < 4.78 is 16.3. The Bertz CT molecular complexity index is 1740. The predicted octanol–water partition coefficient (Wildman–Crippen LogP) is 4.39. The highest BCUT2D eigenvalue weighted by molar-refractivity contribution is 6.34. The summed E-state index contributed by atoms with van der Waals surface area (Å²) in [5, 5.41) is 11.0. The van der Waals surface area contributed by atoms with Crippen molar-refractivity contribution in [2.24, 2.45) is 0 Å². The van der Waals surface area contributed by atoms with Crippen LogP contribution in [0.3, 0.4) is 0 Å². The van der Waals surface area contributed by atoms with Crippen LogP contribution in [0, 0.1) is 12.7 Å². The second-order valence-corrected chi connectivity index (χ2v) is 10.7. The molecule has 0 aliphatic carbocycles. The lowest BCUT2D eigenvalue weighted by Crippen LogP contribution is -2.54. The van der Waals surface area contributed by atoms with E-state index in [-0.39, 0.29) is 45.5 Å². The molecule has 41 heavy (non-hydrogen) atoms. The van der Waals surface area contributed by atoms with Gasteiger partial charge in [-0.15, -0.1) is 0 Å². The van der Waals surface area contributed by atoms with Gasteiger partial charge in [0.15, 0.2) is 5.65 Å². The Morgan fingerprint density at radius 1 is 1.24 bits per heavy atom. The fourth-order valence-corrected chi connectivity index (χ4v) is 5.48. The highest BCUT2D eigenvalue weighted by atomic mass is 35.5. The number of phenolic OH excluding ortho intramolecular Hbond substituents is 1. The number of anilines is 1. The number of halogens is 2. The van der Waals surface area contributed by atoms with Crippen LogP contribution in [0.2, 0.25) is 5.02 Å². The number of phenols is 1. The van der Waals surface area contributed by atoms with Gasteiger partial charge >= 0.3 is 5.69 Å². The van der Waals surface area contributed by atoms with Gasteiger partial charge in [0, 0.05) is 25.7 Å². The van der Waals surface area contributed by atoms with E-state index in [9.17, 15) is 19.1 Å². The number of fused-ring (bicyclic) bond motifs is 1. The summed E-state index contributed by atoms with van der Waals surface area (Å²) in [5.74, 6) is -0.990. The topological polar surface area (TPSA) is 117 Å². The van der Waals surface area contributed by atoms with Crippen molar-refractivity contribution >= 4 is 34.4 Å². The average molecular weight is 578 g/mol. The normalized spacial score (nSPS) is 15.5. The van der Waals surface area contributed by atoms with Crippen molar-refractivity contribution in [3.63, 3.8) is 0 Å². The van der Waals surface area contributed by atoms with Crippen LogP contribution in [0.4, 0.5) is 10.2 Å². The number of hydrogen-bond acceptors (Lipinski definition) is 8. The van der Waals surface area contributed by atoms with Crippen LogP contribution >= 0.6 is 11.6 Å². The predicted molar refractivity (Wildman–Crippen MR) is 155 cm³/mol. The summed E-state index contributed by atoms with van der Waals surface area (Å²) in [4.78, 5) is 47.7. The van der Waals surface area contributed by atoms with Gasteiger partial charge < -0.3 is 14.9 Å². The van der Waals surface area contributed by atoms with E-state index < -0.39 is 11.5 Å². The number of aromatic hydroxyl groups is 1. The van der Waals surface area contributed by atoms with E-state index in [1.54, 1.807) is 17.9 Å². The van der Waals surface area contributed by atoms with E-state index in [2.05, 4.69) is 21.5 Å². The molecule has 4 aromatic rings. The molecular formula is C29H29ClFN7O3. The van der Waals surface area contributed by atoms with Crippen molar-refractivity contribution in [1.29, 1.82) is 0 Å². The molecule has 1 atom stereocenters. The zero-order valence-corrected chi connectivity index (χ0v) is 23.9. The number of aromatic nitrogens is 5. The Morgan fingerprint density at radius 2 is 2.00 bits per heavy atom. The molecule has 1 fully saturated rings. The van der Waals surface area contributed by atoms with Gasteiger partial charge in [-0.1, -0.05) is 38.1 Å². The molecule has 0 unspecified atom stereocenters. The molecule has 1 amide bonds. The fourth-order valence-electron chi connectivity index (χ4n) is 5.23. The summed E-state index contributed by atoms with van der Waals surface area (Å²) in [6.45, 7) is 12.3. The van der Waals surface area contributed by atoms with Gasteiger partial charge in [0.05, 0.1) is 38.7 Å². The Morgan fingerprint density at radius 3 is 2.66 bits per heavy atom. The first-order chi connectivity index (χ1) is 19.5. The number of piperazine rings is 1. The molecule has 5 rings (SSSR count). The van der Waals surface area contributed by atoms with Crippen LogP contribution in [0.25, 0.3) is 28.0 Å². The molecular weight excluding hydrogens is 549 g/mol. The zero-order chi connectivity index (χ0) is 29.6. The molecule has 4 heterocycles. The van der Waals surface area contributed by atoms with E-state index in [1.807, 2.05) is 25.7 Å². The summed E-state index contributed by atoms with van der Waals surface area (Å²) in [7, 11) is 0. The Balaban J connectivity index is 1.83. The molecule has 1 aliphatic heterocycles. The number of aryl methyl sites for hydroxylation is 1. The maximum absolute atomic E-state index is 15.0. The highest BCUT2D eigenvalue weighted by Crippen LogP contribution is 2.39. The molecule has 0 bridgehead atoms. The number of rotatable bonds is 5. The van der Waals surface area contributed by atoms with E-state index in [4.69, 9.17) is 16.6 Å². The van der Waals surface area contributed by atoms with Crippen molar-refractivity contribution in [3.05, 3.63) is 76.0 Å². The van der Waals surface area contributed by atoms with E-state index in [1.165, 1.54) is 35.2 Å². The molecule has 1 aliphatic rings. The lowest BCUT2D eigenvalue weighted by molar-refractivity contribution is -0.126. The quantitative estimate of drug-likeness (QED) is 0.347. The molecule has 0 radical (unpaired) electrons. The first-order valence-corrected chi connectivity index (χ1v) is 13.5. The second kappa shape index (κ2) is 10.9. The third-order valence-corrected chi connectivity index (χ3v) is 7.51. The van der Waals surface area contributed by atoms with Crippen LogP contribution < -0.4 is 10.6 Å². The standard InChI is InChI=1S/C29H29ClFN7O3/c1-6-22(40)36-10-11-37(16(4)13-36)27-18-12-19(30)25(23-20(31)8-7-9-21(23)39)34-28(18)38(29(41)35-27)26-17(5)32-14-33-24(26)15(2)3/h6-9,12,14-16,39H,1,10-11,13H2,2-5H3/t16-/m0/s1. The molecule has 0 spiro atoms. The molecule has 3 aromatic heterocycles. The lowest BCUT2D eigenvalue weighted by Gasteiger charge is -2.40. The number of pyridine rings is 1. The van der Waals surface area contributed by atoms with Gasteiger partial charge in [-0.3, -0.25) is 4.79 Å². The molecule has 10 nitrogen and oxygen atoms in total. The SMILES string of the molecule is C=CC(=O)N1CCN(c2nc(=O)n(-c3c(C)ncnc3C(C)C)c3nc(-c4c(O)cccc4F)c(Cl)cc23)[C@@H](C)C1. The molecule has 1 saturated heterocycles. The summed E-state index contributed by atoms with van der Waals surface area (Å²) >= 11 is 6.70. The molecule has 12 heteroatoms. The smallest absolute Gasteiger partial charge is 0.355 e. The number of carbonyl (C=O) groups excluding carboxylic acids is 1. The second-order valence-electron chi connectivity index (χ2n) is 10.3. The minimum atomic E-state index is -0.722. The van der Waals surface area contributed by atoms with Gasteiger partial charge in [-0.25, -0.2) is 28.7 Å². The van der Waals surface area contributed by atoms with Crippen molar-refractivity contribution in [2.75, 3.05) is 24.5 Å². The van der Waals surface area contributed by atoms with Crippen LogP contribution in [-0.2, 0) is 4.79 Å². The number of nitrogens with zero attached hydrogens (tertiary/aromatic N) is 7. The zero-order valence-electron chi connectivity index (χ0n) is 23.1. The largest absolute Gasteiger partial charge is 0.507 e. The third kappa shape index (κ3) is 4.90. The van der Waals surface area contributed by atoms with Crippen molar-refractivity contribution in [2.45, 2.75) is 39.7 Å². The van der Waals surface area contributed by atoms with E-state index in [0.29, 0.717) is 47.9 Å². The Labute approximate surface area is 240 Å². The van der Waals surface area contributed by atoms with Gasteiger partial charge in [0.2, 0.25) is 5.91 Å². The van der Waals surface area contributed by atoms with Gasteiger partial charge in [-0.2, -0.15) is 4.98 Å². The van der Waals surface area contributed by atoms with Gasteiger partial charge in [0.1, 0.15) is 23.7 Å². The number of hydrogen-bond donors (Lipinski definition) is 1. The first-order valence-electron chi connectivity index (χ1n) is 13.1. The molecule has 0 saturated carbocycles.